The van der Waals surface area contributed by atoms with Gasteiger partial charge in [-0.05, 0) is 24.6 Å². The van der Waals surface area contributed by atoms with Gasteiger partial charge in [0, 0.05) is 0 Å². The summed E-state index contributed by atoms with van der Waals surface area (Å²) in [6.45, 7) is -0.214. The van der Waals surface area contributed by atoms with Crippen molar-refractivity contribution in [1.29, 1.82) is 0 Å². The van der Waals surface area contributed by atoms with E-state index in [4.69, 9.17) is 0 Å². The number of fused-ring (bicyclic) bond motifs is 1. The maximum Gasteiger partial charge on any atom is 0.406 e. The molecule has 0 aliphatic carbocycles. The number of benzene rings is 1. The molecule has 0 saturated carbocycles. The standard InChI is InChI=1S/C11H7F4NO2/c1-5-2-6(12)3-7-8(5)16(4-11(13,14)15)10(18)9(7)17/h2-3H,4H2,1H3. The van der Waals surface area contributed by atoms with E-state index < -0.39 is 30.2 Å². The highest BCUT2D eigenvalue weighted by Gasteiger charge is 2.43. The molecule has 0 bridgehead atoms. The van der Waals surface area contributed by atoms with Crippen LogP contribution in [0.25, 0.3) is 0 Å². The summed E-state index contributed by atoms with van der Waals surface area (Å²) in [7, 11) is 0. The molecule has 0 N–H and O–H groups in total. The Kier molecular flexibility index (Phi) is 2.64. The maximum atomic E-state index is 13.1. The molecule has 0 radical (unpaired) electrons. The van der Waals surface area contributed by atoms with Crippen LogP contribution < -0.4 is 4.90 Å². The van der Waals surface area contributed by atoms with Crippen LogP contribution in [-0.2, 0) is 4.79 Å². The van der Waals surface area contributed by atoms with Crippen molar-refractivity contribution in [3.63, 3.8) is 0 Å². The lowest BCUT2D eigenvalue weighted by molar-refractivity contribution is -0.129. The Bertz CT molecular complexity index is 551. The molecule has 0 unspecified atom stereocenters. The van der Waals surface area contributed by atoms with Crippen LogP contribution in [-0.4, -0.2) is 24.4 Å². The van der Waals surface area contributed by atoms with Gasteiger partial charge in [-0.2, -0.15) is 13.2 Å². The molecule has 1 heterocycles. The largest absolute Gasteiger partial charge is 0.406 e. The monoisotopic (exact) mass is 261 g/mol. The van der Waals surface area contributed by atoms with Crippen LogP contribution in [0.2, 0.25) is 0 Å². The number of carbonyl (C=O) groups is 2. The molecule has 3 nitrogen and oxygen atoms in total. The number of alkyl halides is 3. The lowest BCUT2D eigenvalue weighted by Crippen LogP contribution is -2.38. The van der Waals surface area contributed by atoms with Gasteiger partial charge in [-0.25, -0.2) is 4.39 Å². The van der Waals surface area contributed by atoms with Crippen LogP contribution in [0.1, 0.15) is 15.9 Å². The molecule has 96 valence electrons. The van der Waals surface area contributed by atoms with Crippen LogP contribution in [0.3, 0.4) is 0 Å². The van der Waals surface area contributed by atoms with Crippen molar-refractivity contribution < 1.29 is 27.2 Å². The highest BCUT2D eigenvalue weighted by Crippen LogP contribution is 2.35. The first-order chi connectivity index (χ1) is 8.20. The average molecular weight is 261 g/mol. The number of carbonyl (C=O) groups excluding carboxylic acids is 2. The van der Waals surface area contributed by atoms with E-state index >= 15 is 0 Å². The van der Waals surface area contributed by atoms with Gasteiger partial charge in [-0.3, -0.25) is 14.5 Å². The van der Waals surface area contributed by atoms with Crippen molar-refractivity contribution in [2.45, 2.75) is 13.1 Å². The highest BCUT2D eigenvalue weighted by molar-refractivity contribution is 6.52. The molecule has 0 atom stereocenters. The third-order valence-electron chi connectivity index (χ3n) is 2.56. The van der Waals surface area contributed by atoms with Gasteiger partial charge < -0.3 is 0 Å². The molecule has 1 aromatic rings. The molecule has 2 rings (SSSR count). The molecule has 18 heavy (non-hydrogen) atoms. The topological polar surface area (TPSA) is 37.4 Å². The predicted octanol–water partition coefficient (Wildman–Crippen LogP) is 2.23. The minimum absolute atomic E-state index is 0.119. The zero-order chi connectivity index (χ0) is 13.7. The fourth-order valence-electron chi connectivity index (χ4n) is 1.94. The van der Waals surface area contributed by atoms with E-state index in [-0.39, 0.29) is 16.8 Å². The normalized spacial score (nSPS) is 15.3. The van der Waals surface area contributed by atoms with Crippen molar-refractivity contribution in [1.82, 2.24) is 0 Å². The molecule has 1 aromatic carbocycles. The molecular weight excluding hydrogens is 254 g/mol. The Balaban J connectivity index is 2.55. The first-order valence-electron chi connectivity index (χ1n) is 4.94. The number of halogens is 4. The number of rotatable bonds is 1. The lowest BCUT2D eigenvalue weighted by Gasteiger charge is -2.19. The number of hydrogen-bond acceptors (Lipinski definition) is 2. The second-order valence-corrected chi connectivity index (χ2v) is 3.95. The molecular formula is C11H7F4NO2. The summed E-state index contributed by atoms with van der Waals surface area (Å²) in [5.41, 5.74) is -0.362. The predicted molar refractivity (Wildman–Crippen MR) is 53.9 cm³/mol. The number of hydrogen-bond donors (Lipinski definition) is 0. The van der Waals surface area contributed by atoms with Gasteiger partial charge in [0.2, 0.25) is 0 Å². The SMILES string of the molecule is Cc1cc(F)cc2c1N(CC(F)(F)F)C(=O)C2=O. The van der Waals surface area contributed by atoms with E-state index in [9.17, 15) is 27.2 Å². The minimum Gasteiger partial charge on any atom is -0.295 e. The van der Waals surface area contributed by atoms with Gasteiger partial charge in [0.1, 0.15) is 12.4 Å². The van der Waals surface area contributed by atoms with Crippen LogP contribution in [0.5, 0.6) is 0 Å². The van der Waals surface area contributed by atoms with E-state index in [0.717, 1.165) is 12.1 Å². The van der Waals surface area contributed by atoms with Gasteiger partial charge in [0.25, 0.3) is 11.7 Å². The van der Waals surface area contributed by atoms with Crippen LogP contribution in [0, 0.1) is 12.7 Å². The quantitative estimate of drug-likeness (QED) is 0.574. The fourth-order valence-corrected chi connectivity index (χ4v) is 1.94. The molecule has 1 aliphatic heterocycles. The van der Waals surface area contributed by atoms with Crippen molar-refractivity contribution in [3.05, 3.63) is 29.1 Å². The maximum absolute atomic E-state index is 13.1. The Morgan fingerprint density at radius 2 is 1.83 bits per heavy atom. The summed E-state index contributed by atoms with van der Waals surface area (Å²) < 4.78 is 50.1. The molecule has 1 aliphatic rings. The number of anilines is 1. The summed E-state index contributed by atoms with van der Waals surface area (Å²) >= 11 is 0. The average Bonchev–Trinajstić information content (AvgIpc) is 2.42. The molecule has 0 aromatic heterocycles. The Labute approximate surface area is 99.0 Å². The van der Waals surface area contributed by atoms with E-state index in [1.807, 2.05) is 0 Å². The second kappa shape index (κ2) is 3.79. The molecule has 1 amide bonds. The second-order valence-electron chi connectivity index (χ2n) is 3.95. The molecule has 7 heteroatoms. The summed E-state index contributed by atoms with van der Waals surface area (Å²) in [6, 6.07) is 1.76. The molecule has 0 saturated heterocycles. The zero-order valence-corrected chi connectivity index (χ0v) is 9.14. The Hall–Kier alpha value is -1.92. The molecule has 0 spiro atoms. The third-order valence-corrected chi connectivity index (χ3v) is 2.56. The number of aryl methyl sites for hydroxylation is 1. The van der Waals surface area contributed by atoms with Gasteiger partial charge in [0.15, 0.2) is 0 Å². The number of amides is 1. The number of Topliss-reactive ketones (excluding diaryl/α,β-unsaturated/α-hetero) is 1. The van der Waals surface area contributed by atoms with Crippen LogP contribution in [0.4, 0.5) is 23.2 Å². The summed E-state index contributed by atoms with van der Waals surface area (Å²) in [4.78, 5) is 23.3. The van der Waals surface area contributed by atoms with E-state index in [1.54, 1.807) is 0 Å². The highest BCUT2D eigenvalue weighted by atomic mass is 19.4. The molecule has 0 fully saturated rings. The summed E-state index contributed by atoms with van der Waals surface area (Å²) in [5, 5.41) is 0. The van der Waals surface area contributed by atoms with Crippen molar-refractivity contribution in [3.8, 4) is 0 Å². The number of nitrogens with zero attached hydrogens (tertiary/aromatic N) is 1. The third kappa shape index (κ3) is 1.96. The smallest absolute Gasteiger partial charge is 0.295 e. The van der Waals surface area contributed by atoms with Crippen molar-refractivity contribution >= 4 is 17.4 Å². The Morgan fingerprint density at radius 1 is 1.22 bits per heavy atom. The first-order valence-corrected chi connectivity index (χ1v) is 4.94. The minimum atomic E-state index is -4.63. The fraction of sp³-hybridized carbons (Fsp3) is 0.273. The van der Waals surface area contributed by atoms with Gasteiger partial charge in [-0.15, -0.1) is 0 Å². The van der Waals surface area contributed by atoms with E-state index in [1.165, 1.54) is 6.92 Å². The van der Waals surface area contributed by atoms with Gasteiger partial charge >= 0.3 is 6.18 Å². The van der Waals surface area contributed by atoms with E-state index in [2.05, 4.69) is 0 Å². The zero-order valence-electron chi connectivity index (χ0n) is 9.14. The van der Waals surface area contributed by atoms with E-state index in [0.29, 0.717) is 4.90 Å². The van der Waals surface area contributed by atoms with Gasteiger partial charge in [-0.1, -0.05) is 0 Å². The van der Waals surface area contributed by atoms with Crippen molar-refractivity contribution in [2.75, 3.05) is 11.4 Å². The summed E-state index contributed by atoms with van der Waals surface area (Å²) in [5.74, 6) is -3.16. The first kappa shape index (κ1) is 12.5. The van der Waals surface area contributed by atoms with Crippen LogP contribution >= 0.6 is 0 Å². The lowest BCUT2D eigenvalue weighted by atomic mass is 10.1. The van der Waals surface area contributed by atoms with Crippen molar-refractivity contribution in [2.24, 2.45) is 0 Å². The Morgan fingerprint density at radius 3 is 2.39 bits per heavy atom. The number of ketones is 1. The van der Waals surface area contributed by atoms with Crippen LogP contribution in [0.15, 0.2) is 12.1 Å². The summed E-state index contributed by atoms with van der Waals surface area (Å²) in [6.07, 6.45) is -4.63. The van der Waals surface area contributed by atoms with Gasteiger partial charge in [0.05, 0.1) is 11.3 Å².